The third kappa shape index (κ3) is 2.73. The lowest BCUT2D eigenvalue weighted by Crippen LogP contribution is -2.54. The molecule has 30 heavy (non-hydrogen) atoms. The molecule has 2 atom stereocenters. The van der Waals surface area contributed by atoms with Crippen molar-refractivity contribution < 1.29 is 19.1 Å². The third-order valence-corrected chi connectivity index (χ3v) is 5.98. The largest absolute Gasteiger partial charge is 0.454 e. The van der Waals surface area contributed by atoms with Crippen LogP contribution < -0.4 is 14.8 Å². The predicted molar refractivity (Wildman–Crippen MR) is 111 cm³/mol. The number of nitrogens with zero attached hydrogens (tertiary/aromatic N) is 1. The third-order valence-electron chi connectivity index (χ3n) is 5.98. The number of hydrogen-bond acceptors (Lipinski definition) is 4. The Kier molecular flexibility index (Phi) is 4.38. The summed E-state index contributed by atoms with van der Waals surface area (Å²) in [6.07, 6.45) is 0.774. The minimum atomic E-state index is -0.593. The number of rotatable bonds is 3. The molecule has 2 N–H and O–H groups in total. The predicted octanol–water partition coefficient (Wildman–Crippen LogP) is 2.90. The van der Waals surface area contributed by atoms with Gasteiger partial charge in [-0.15, -0.1) is 0 Å². The van der Waals surface area contributed by atoms with Gasteiger partial charge in [-0.1, -0.05) is 31.2 Å². The highest BCUT2D eigenvalue weighted by atomic mass is 16.7. The van der Waals surface area contributed by atoms with Crippen LogP contribution >= 0.6 is 0 Å². The van der Waals surface area contributed by atoms with Gasteiger partial charge in [0.15, 0.2) is 11.5 Å². The van der Waals surface area contributed by atoms with Crippen molar-refractivity contribution in [3.63, 3.8) is 0 Å². The molecule has 7 heteroatoms. The summed E-state index contributed by atoms with van der Waals surface area (Å²) in [6, 6.07) is 12.7. The second-order valence-corrected chi connectivity index (χ2v) is 7.57. The normalized spacial score (nSPS) is 19.6. The number of aromatic nitrogens is 1. The fourth-order valence-electron chi connectivity index (χ4n) is 4.58. The Morgan fingerprint density at radius 2 is 1.97 bits per heavy atom. The van der Waals surface area contributed by atoms with E-state index in [4.69, 9.17) is 9.47 Å². The number of nitrogens with one attached hydrogen (secondary N) is 2. The number of carbonyl (C=O) groups is 2. The lowest BCUT2D eigenvalue weighted by Gasteiger charge is -2.41. The van der Waals surface area contributed by atoms with E-state index in [0.29, 0.717) is 24.3 Å². The summed E-state index contributed by atoms with van der Waals surface area (Å²) in [7, 11) is 1.61. The van der Waals surface area contributed by atoms with Crippen molar-refractivity contribution in [2.24, 2.45) is 0 Å². The number of H-pyrrole nitrogens is 1. The van der Waals surface area contributed by atoms with Crippen LogP contribution in [0.4, 0.5) is 0 Å². The van der Waals surface area contributed by atoms with Crippen molar-refractivity contribution in [3.05, 3.63) is 59.3 Å². The molecule has 0 bridgehead atoms. The Morgan fingerprint density at radius 1 is 1.17 bits per heavy atom. The molecule has 0 fully saturated rings. The maximum absolute atomic E-state index is 13.1. The molecule has 7 nitrogen and oxygen atoms in total. The summed E-state index contributed by atoms with van der Waals surface area (Å²) < 4.78 is 11.0. The standard InChI is InChI=1S/C23H23N3O4/c1-3-20(27)26-17(23(28)24-2)11-15-14-6-4-5-7-16(14)25-21(15)22(26)13-8-9-18-19(10-13)30-12-29-18/h4-10,17,22,25H,3,11-12H2,1-2H3,(H,24,28)/t17-,22-/m1/s1. The second-order valence-electron chi connectivity index (χ2n) is 7.57. The Balaban J connectivity index is 1.75. The van der Waals surface area contributed by atoms with E-state index in [1.807, 2.05) is 43.3 Å². The molecule has 2 aromatic carbocycles. The first-order valence-corrected chi connectivity index (χ1v) is 10.1. The van der Waals surface area contributed by atoms with Crippen molar-refractivity contribution in [3.8, 4) is 11.5 Å². The summed E-state index contributed by atoms with van der Waals surface area (Å²) >= 11 is 0. The molecule has 0 saturated heterocycles. The molecule has 0 unspecified atom stereocenters. The van der Waals surface area contributed by atoms with Crippen molar-refractivity contribution >= 4 is 22.7 Å². The van der Waals surface area contributed by atoms with Crippen molar-refractivity contribution in [1.29, 1.82) is 0 Å². The van der Waals surface area contributed by atoms with E-state index in [1.165, 1.54) is 0 Å². The Labute approximate surface area is 174 Å². The number of aromatic amines is 1. The number of likely N-dealkylation sites (N-methyl/N-ethyl adjacent to an activating group) is 1. The van der Waals surface area contributed by atoms with Crippen molar-refractivity contribution in [1.82, 2.24) is 15.2 Å². The van der Waals surface area contributed by atoms with Crippen LogP contribution in [0.1, 0.15) is 36.2 Å². The zero-order valence-corrected chi connectivity index (χ0v) is 16.9. The summed E-state index contributed by atoms with van der Waals surface area (Å²) in [5.74, 6) is 1.09. The summed E-state index contributed by atoms with van der Waals surface area (Å²) in [6.45, 7) is 2.00. The monoisotopic (exact) mass is 405 g/mol. The van der Waals surface area contributed by atoms with Gasteiger partial charge < -0.3 is 24.7 Å². The average Bonchev–Trinajstić information content (AvgIpc) is 3.40. The van der Waals surface area contributed by atoms with Gasteiger partial charge in [0.1, 0.15) is 6.04 Å². The Hall–Kier alpha value is -3.48. The van der Waals surface area contributed by atoms with Crippen LogP contribution in [0.3, 0.4) is 0 Å². The number of ether oxygens (including phenoxy) is 2. The molecule has 0 aliphatic carbocycles. The van der Waals surface area contributed by atoms with Gasteiger partial charge in [-0.3, -0.25) is 9.59 Å². The summed E-state index contributed by atoms with van der Waals surface area (Å²) in [5.41, 5.74) is 3.89. The fourth-order valence-corrected chi connectivity index (χ4v) is 4.58. The molecule has 154 valence electrons. The first kappa shape index (κ1) is 18.5. The van der Waals surface area contributed by atoms with Gasteiger partial charge in [0.05, 0.1) is 6.04 Å². The van der Waals surface area contributed by atoms with Crippen LogP contribution in [-0.2, 0) is 16.0 Å². The summed E-state index contributed by atoms with van der Waals surface area (Å²) in [4.78, 5) is 31.2. The van der Waals surface area contributed by atoms with E-state index >= 15 is 0 Å². The van der Waals surface area contributed by atoms with E-state index in [9.17, 15) is 9.59 Å². The zero-order valence-electron chi connectivity index (χ0n) is 16.9. The lowest BCUT2D eigenvalue weighted by atomic mass is 9.87. The van der Waals surface area contributed by atoms with E-state index in [0.717, 1.165) is 27.7 Å². The minimum absolute atomic E-state index is 0.0735. The second kappa shape index (κ2) is 7.09. The van der Waals surface area contributed by atoms with Crippen LogP contribution in [0.2, 0.25) is 0 Å². The molecule has 2 amide bonds. The van der Waals surface area contributed by atoms with Gasteiger partial charge in [0.2, 0.25) is 18.6 Å². The Morgan fingerprint density at radius 3 is 2.77 bits per heavy atom. The number of fused-ring (bicyclic) bond motifs is 4. The summed E-state index contributed by atoms with van der Waals surface area (Å²) in [5, 5.41) is 3.82. The van der Waals surface area contributed by atoms with Gasteiger partial charge >= 0.3 is 0 Å². The van der Waals surface area contributed by atoms with E-state index in [2.05, 4.69) is 16.4 Å². The topological polar surface area (TPSA) is 83.7 Å². The fraction of sp³-hybridized carbons (Fsp3) is 0.304. The molecule has 0 saturated carbocycles. The zero-order chi connectivity index (χ0) is 20.8. The number of benzene rings is 2. The van der Waals surface area contributed by atoms with Crippen LogP contribution in [-0.4, -0.2) is 41.6 Å². The molecule has 5 rings (SSSR count). The SMILES string of the molecule is CCC(=O)N1[C@H](c2ccc3c(c2)OCO3)c2[nH]c3ccccc3c2C[C@@H]1C(=O)NC. The highest BCUT2D eigenvalue weighted by Crippen LogP contribution is 2.43. The molecular weight excluding hydrogens is 382 g/mol. The number of amides is 2. The molecule has 0 spiro atoms. The smallest absolute Gasteiger partial charge is 0.242 e. The average molecular weight is 405 g/mol. The lowest BCUT2D eigenvalue weighted by molar-refractivity contribution is -0.142. The van der Waals surface area contributed by atoms with Gasteiger partial charge in [-0.05, 0) is 29.3 Å². The number of para-hydroxylation sites is 1. The van der Waals surface area contributed by atoms with E-state index in [-0.39, 0.29) is 18.6 Å². The van der Waals surface area contributed by atoms with Gasteiger partial charge in [-0.25, -0.2) is 0 Å². The maximum atomic E-state index is 13.1. The Bertz CT molecular complexity index is 1150. The maximum Gasteiger partial charge on any atom is 0.242 e. The molecular formula is C23H23N3O4. The van der Waals surface area contributed by atoms with Crippen molar-refractivity contribution in [2.45, 2.75) is 31.8 Å². The molecule has 1 aromatic heterocycles. The molecule has 3 heterocycles. The van der Waals surface area contributed by atoms with Crippen LogP contribution in [0.25, 0.3) is 10.9 Å². The number of hydrogen-bond donors (Lipinski definition) is 2. The molecule has 2 aliphatic rings. The first-order chi connectivity index (χ1) is 14.6. The minimum Gasteiger partial charge on any atom is -0.454 e. The van der Waals surface area contributed by atoms with Crippen LogP contribution in [0.5, 0.6) is 11.5 Å². The quantitative estimate of drug-likeness (QED) is 0.702. The van der Waals surface area contributed by atoms with Gasteiger partial charge in [0.25, 0.3) is 0 Å². The van der Waals surface area contributed by atoms with E-state index in [1.54, 1.807) is 11.9 Å². The highest BCUT2D eigenvalue weighted by molar-refractivity contribution is 5.92. The van der Waals surface area contributed by atoms with Crippen LogP contribution in [0.15, 0.2) is 42.5 Å². The molecule has 2 aliphatic heterocycles. The van der Waals surface area contributed by atoms with Crippen molar-refractivity contribution in [2.75, 3.05) is 13.8 Å². The molecule has 0 radical (unpaired) electrons. The highest BCUT2D eigenvalue weighted by Gasteiger charge is 2.43. The molecule has 3 aromatic rings. The number of carbonyl (C=O) groups excluding carboxylic acids is 2. The van der Waals surface area contributed by atoms with E-state index < -0.39 is 12.1 Å². The first-order valence-electron chi connectivity index (χ1n) is 10.1. The van der Waals surface area contributed by atoms with Gasteiger partial charge in [-0.2, -0.15) is 0 Å². The van der Waals surface area contributed by atoms with Gasteiger partial charge in [0, 0.05) is 36.5 Å². The van der Waals surface area contributed by atoms with Crippen LogP contribution in [0, 0.1) is 0 Å².